The Bertz CT molecular complexity index is 1010. The van der Waals surface area contributed by atoms with Crippen molar-refractivity contribution in [3.63, 3.8) is 0 Å². The van der Waals surface area contributed by atoms with Crippen LogP contribution in [-0.4, -0.2) is 50.3 Å². The minimum Gasteiger partial charge on any atom is -0.459 e. The van der Waals surface area contributed by atoms with Crippen molar-refractivity contribution in [1.29, 1.82) is 0 Å². The number of hydrogen-bond acceptors (Lipinski definition) is 5. The molecule has 0 unspecified atom stereocenters. The van der Waals surface area contributed by atoms with E-state index >= 15 is 0 Å². The summed E-state index contributed by atoms with van der Waals surface area (Å²) in [4.78, 5) is 34.0. The van der Waals surface area contributed by atoms with Crippen molar-refractivity contribution in [1.82, 2.24) is 19.4 Å². The number of rotatable bonds is 3. The number of carbonyl (C=O) groups is 2. The summed E-state index contributed by atoms with van der Waals surface area (Å²) in [6.45, 7) is 3.44. The van der Waals surface area contributed by atoms with Crippen LogP contribution in [0, 0.1) is 6.92 Å². The van der Waals surface area contributed by atoms with E-state index in [0.29, 0.717) is 31.1 Å². The first-order valence-electron chi connectivity index (χ1n) is 8.83. The molecule has 7 nitrogen and oxygen atoms in total. The van der Waals surface area contributed by atoms with Crippen LogP contribution in [0.4, 0.5) is 0 Å². The maximum absolute atomic E-state index is 13.1. The molecule has 0 aromatic carbocycles. The molecule has 138 valence electrons. The summed E-state index contributed by atoms with van der Waals surface area (Å²) in [7, 11) is 0. The highest BCUT2D eigenvalue weighted by atomic mass is 32.1. The van der Waals surface area contributed by atoms with E-state index in [1.807, 2.05) is 40.1 Å². The second-order valence-electron chi connectivity index (χ2n) is 6.91. The summed E-state index contributed by atoms with van der Waals surface area (Å²) in [5.41, 5.74) is 1.55. The van der Waals surface area contributed by atoms with Gasteiger partial charge in [0.15, 0.2) is 5.76 Å². The lowest BCUT2D eigenvalue weighted by molar-refractivity contribution is 0.0546. The van der Waals surface area contributed by atoms with Crippen molar-refractivity contribution in [3.05, 3.63) is 64.3 Å². The van der Waals surface area contributed by atoms with Gasteiger partial charge in [-0.1, -0.05) is 0 Å². The summed E-state index contributed by atoms with van der Waals surface area (Å²) in [5.74, 6) is 0.175. The van der Waals surface area contributed by atoms with Crippen molar-refractivity contribution in [2.24, 2.45) is 0 Å². The molecule has 2 atom stereocenters. The van der Waals surface area contributed by atoms with Gasteiger partial charge in [-0.05, 0) is 31.2 Å². The fraction of sp³-hybridized carbons (Fsp3) is 0.316. The van der Waals surface area contributed by atoms with Gasteiger partial charge in [0.1, 0.15) is 5.69 Å². The van der Waals surface area contributed by atoms with Gasteiger partial charge in [-0.15, -0.1) is 11.3 Å². The van der Waals surface area contributed by atoms with Crippen LogP contribution in [0.1, 0.15) is 37.8 Å². The molecule has 0 bridgehead atoms. The molecule has 0 N–H and O–H groups in total. The predicted molar refractivity (Wildman–Crippen MR) is 98.6 cm³/mol. The van der Waals surface area contributed by atoms with Crippen molar-refractivity contribution < 1.29 is 14.0 Å². The van der Waals surface area contributed by atoms with E-state index in [1.54, 1.807) is 28.4 Å². The second-order valence-corrected chi connectivity index (χ2v) is 7.98. The van der Waals surface area contributed by atoms with E-state index in [-0.39, 0.29) is 23.9 Å². The van der Waals surface area contributed by atoms with Crippen LogP contribution < -0.4 is 0 Å². The Morgan fingerprint density at radius 1 is 1.30 bits per heavy atom. The number of thiazole rings is 1. The van der Waals surface area contributed by atoms with E-state index < -0.39 is 0 Å². The molecule has 5 heterocycles. The lowest BCUT2D eigenvalue weighted by Crippen LogP contribution is -2.49. The maximum Gasteiger partial charge on any atom is 0.289 e. The molecular formula is C19H18N4O3S. The molecule has 1 fully saturated rings. The highest BCUT2D eigenvalue weighted by molar-refractivity contribution is 7.09. The smallest absolute Gasteiger partial charge is 0.289 e. The molecule has 27 heavy (non-hydrogen) atoms. The van der Waals surface area contributed by atoms with Gasteiger partial charge in [0.2, 0.25) is 0 Å². The molecule has 2 aliphatic rings. The molecule has 3 aromatic rings. The van der Waals surface area contributed by atoms with Gasteiger partial charge in [-0.3, -0.25) is 9.59 Å². The average Bonchev–Trinajstić information content (AvgIpc) is 3.44. The Morgan fingerprint density at radius 3 is 2.89 bits per heavy atom. The predicted octanol–water partition coefficient (Wildman–Crippen LogP) is 2.57. The molecule has 0 spiro atoms. The zero-order valence-corrected chi connectivity index (χ0v) is 15.6. The highest BCUT2D eigenvalue weighted by Crippen LogP contribution is 2.35. The monoisotopic (exact) mass is 382 g/mol. The molecule has 0 radical (unpaired) electrons. The Labute approximate surface area is 159 Å². The Kier molecular flexibility index (Phi) is 3.68. The standard InChI is InChI=1S/C19H18N4O3S/c1-12-20-13(11-27-12)8-23-16-10-21(19(25)17-5-3-7-26-17)9-15(16)22-6-2-4-14(22)18(23)24/h2-7,11,15-16H,8-10H2,1H3/t15-,16-/m1/s1. The first-order chi connectivity index (χ1) is 13.1. The summed E-state index contributed by atoms with van der Waals surface area (Å²) in [6.07, 6.45) is 3.43. The zero-order valence-electron chi connectivity index (χ0n) is 14.7. The fourth-order valence-electron chi connectivity index (χ4n) is 4.08. The number of furan rings is 1. The van der Waals surface area contributed by atoms with Crippen LogP contribution in [0.15, 0.2) is 46.5 Å². The van der Waals surface area contributed by atoms with Crippen LogP contribution in [0.2, 0.25) is 0 Å². The molecule has 0 saturated carbocycles. The Hall–Kier alpha value is -2.87. The number of likely N-dealkylation sites (tertiary alicyclic amines) is 1. The molecule has 3 aromatic heterocycles. The maximum atomic E-state index is 13.1. The first-order valence-corrected chi connectivity index (χ1v) is 9.71. The van der Waals surface area contributed by atoms with Crippen LogP contribution in [-0.2, 0) is 6.54 Å². The minimum atomic E-state index is -0.139. The third kappa shape index (κ3) is 2.59. The highest BCUT2D eigenvalue weighted by Gasteiger charge is 2.46. The normalized spacial score (nSPS) is 21.4. The molecule has 2 amide bonds. The lowest BCUT2D eigenvalue weighted by Gasteiger charge is -2.37. The third-order valence-corrected chi connectivity index (χ3v) is 6.12. The largest absolute Gasteiger partial charge is 0.459 e. The van der Waals surface area contributed by atoms with Gasteiger partial charge in [0, 0.05) is 24.7 Å². The lowest BCUT2D eigenvalue weighted by atomic mass is 10.1. The molecular weight excluding hydrogens is 364 g/mol. The van der Waals surface area contributed by atoms with Gasteiger partial charge < -0.3 is 18.8 Å². The summed E-state index contributed by atoms with van der Waals surface area (Å²) < 4.78 is 7.28. The van der Waals surface area contributed by atoms with E-state index in [4.69, 9.17) is 4.42 Å². The Morgan fingerprint density at radius 2 is 2.15 bits per heavy atom. The third-order valence-electron chi connectivity index (χ3n) is 5.29. The molecule has 2 aliphatic heterocycles. The number of aromatic nitrogens is 2. The van der Waals surface area contributed by atoms with Crippen molar-refractivity contribution in [3.8, 4) is 0 Å². The summed E-state index contributed by atoms with van der Waals surface area (Å²) in [5, 5.41) is 2.97. The quantitative estimate of drug-likeness (QED) is 0.698. The summed E-state index contributed by atoms with van der Waals surface area (Å²) in [6, 6.07) is 7.06. The number of hydrogen-bond donors (Lipinski definition) is 0. The van der Waals surface area contributed by atoms with E-state index in [9.17, 15) is 9.59 Å². The summed E-state index contributed by atoms with van der Waals surface area (Å²) >= 11 is 1.58. The van der Waals surface area contributed by atoms with Crippen LogP contribution in [0.5, 0.6) is 0 Å². The number of nitrogens with zero attached hydrogens (tertiary/aromatic N) is 4. The SMILES string of the molecule is Cc1nc(CN2C(=O)c3cccn3[C@@H]3CN(C(=O)c4ccco4)C[C@H]32)cs1. The van der Waals surface area contributed by atoms with Crippen molar-refractivity contribution in [2.45, 2.75) is 25.6 Å². The van der Waals surface area contributed by atoms with Gasteiger partial charge in [0.25, 0.3) is 11.8 Å². The topological polar surface area (TPSA) is 71.6 Å². The number of fused-ring (bicyclic) bond motifs is 3. The van der Waals surface area contributed by atoms with Crippen molar-refractivity contribution >= 4 is 23.2 Å². The molecule has 1 saturated heterocycles. The van der Waals surface area contributed by atoms with Gasteiger partial charge in [0.05, 0.1) is 35.6 Å². The number of amides is 2. The van der Waals surface area contributed by atoms with Crippen molar-refractivity contribution in [2.75, 3.05) is 13.1 Å². The molecule has 5 rings (SSSR count). The molecule has 8 heteroatoms. The second kappa shape index (κ2) is 6.09. The van der Waals surface area contributed by atoms with Gasteiger partial charge >= 0.3 is 0 Å². The minimum absolute atomic E-state index is 0.0146. The van der Waals surface area contributed by atoms with E-state index in [0.717, 1.165) is 10.7 Å². The first kappa shape index (κ1) is 16.3. The Balaban J connectivity index is 1.48. The number of carbonyl (C=O) groups excluding carboxylic acids is 2. The number of aryl methyl sites for hydroxylation is 1. The average molecular weight is 382 g/mol. The van der Waals surface area contributed by atoms with Gasteiger partial charge in [-0.2, -0.15) is 0 Å². The van der Waals surface area contributed by atoms with Gasteiger partial charge in [-0.25, -0.2) is 4.98 Å². The van der Waals surface area contributed by atoms with Crippen LogP contribution in [0.3, 0.4) is 0 Å². The van der Waals surface area contributed by atoms with E-state index in [1.165, 1.54) is 6.26 Å². The zero-order chi connectivity index (χ0) is 18.5. The fourth-order valence-corrected chi connectivity index (χ4v) is 4.68. The van der Waals surface area contributed by atoms with Crippen LogP contribution in [0.25, 0.3) is 0 Å². The molecule has 0 aliphatic carbocycles. The van der Waals surface area contributed by atoms with E-state index in [2.05, 4.69) is 4.98 Å². The van der Waals surface area contributed by atoms with Crippen LogP contribution >= 0.6 is 11.3 Å².